The summed E-state index contributed by atoms with van der Waals surface area (Å²) in [5.74, 6) is 0.104. The highest BCUT2D eigenvalue weighted by Gasteiger charge is 2.34. The lowest BCUT2D eigenvalue weighted by atomic mass is 9.86. The van der Waals surface area contributed by atoms with Crippen molar-refractivity contribution in [2.45, 2.75) is 25.3 Å². The summed E-state index contributed by atoms with van der Waals surface area (Å²) >= 11 is 1.40. The van der Waals surface area contributed by atoms with Gasteiger partial charge in [0.05, 0.1) is 16.3 Å². The number of anilines is 1. The van der Waals surface area contributed by atoms with Gasteiger partial charge in [-0.3, -0.25) is 14.2 Å². The summed E-state index contributed by atoms with van der Waals surface area (Å²) in [4.78, 5) is 33.9. The van der Waals surface area contributed by atoms with E-state index >= 15 is 0 Å². The highest BCUT2D eigenvalue weighted by molar-refractivity contribution is 7.07. The normalized spacial score (nSPS) is 18.5. The summed E-state index contributed by atoms with van der Waals surface area (Å²) in [6, 6.07) is 17.5. The lowest BCUT2D eigenvalue weighted by Crippen LogP contribution is -2.40. The Labute approximate surface area is 184 Å². The maximum atomic E-state index is 13.5. The first-order valence-corrected chi connectivity index (χ1v) is 11.2. The number of benzene rings is 2. The molecule has 2 aliphatic rings. The zero-order valence-corrected chi connectivity index (χ0v) is 18.4. The minimum atomic E-state index is -0.404. The first kappa shape index (κ1) is 19.7. The van der Waals surface area contributed by atoms with Gasteiger partial charge in [0.1, 0.15) is 0 Å². The molecular formula is C25H23N3O2S. The number of fused-ring (bicyclic) bond motifs is 1. The van der Waals surface area contributed by atoms with E-state index in [2.05, 4.69) is 0 Å². The molecule has 3 aromatic rings. The molecular weight excluding hydrogens is 406 g/mol. The highest BCUT2D eigenvalue weighted by Crippen LogP contribution is 2.35. The number of carbonyl (C=O) groups is 1. The second-order valence-electron chi connectivity index (χ2n) is 8.12. The van der Waals surface area contributed by atoms with Crippen LogP contribution in [0.3, 0.4) is 0 Å². The Morgan fingerprint density at radius 2 is 1.77 bits per heavy atom. The molecule has 31 heavy (non-hydrogen) atoms. The van der Waals surface area contributed by atoms with Gasteiger partial charge in [-0.05, 0) is 42.2 Å². The molecule has 6 heteroatoms. The van der Waals surface area contributed by atoms with E-state index < -0.39 is 6.04 Å². The molecule has 5 rings (SSSR count). The van der Waals surface area contributed by atoms with Crippen molar-refractivity contribution in [1.29, 1.82) is 0 Å². The topological polar surface area (TPSA) is 54.7 Å². The molecule has 1 unspecified atom stereocenters. The SMILES string of the molecule is CN(C)c1ccc(C=c2sc3n(c2=O)C(c2ccccc2)C2=C(CCCC2=O)N=3)cc1. The van der Waals surface area contributed by atoms with Gasteiger partial charge in [-0.25, -0.2) is 4.99 Å². The quantitative estimate of drug-likeness (QED) is 0.643. The highest BCUT2D eigenvalue weighted by atomic mass is 32.1. The van der Waals surface area contributed by atoms with Crippen LogP contribution >= 0.6 is 11.3 Å². The molecule has 1 aromatic heterocycles. The minimum Gasteiger partial charge on any atom is -0.378 e. The predicted molar refractivity (Wildman–Crippen MR) is 124 cm³/mol. The Kier molecular flexibility index (Phi) is 4.94. The zero-order chi connectivity index (χ0) is 21.5. The van der Waals surface area contributed by atoms with Crippen molar-refractivity contribution in [1.82, 2.24) is 4.57 Å². The lowest BCUT2D eigenvalue weighted by molar-refractivity contribution is -0.116. The Bertz CT molecular complexity index is 1360. The summed E-state index contributed by atoms with van der Waals surface area (Å²) < 4.78 is 2.34. The van der Waals surface area contributed by atoms with Crippen LogP contribution in [0.15, 0.2) is 75.7 Å². The number of ketones is 1. The van der Waals surface area contributed by atoms with Gasteiger partial charge in [0.2, 0.25) is 0 Å². The Morgan fingerprint density at radius 3 is 2.48 bits per heavy atom. The molecule has 0 N–H and O–H groups in total. The molecule has 0 radical (unpaired) electrons. The molecule has 5 nitrogen and oxygen atoms in total. The van der Waals surface area contributed by atoms with E-state index in [0.29, 0.717) is 21.3 Å². The number of Topliss-reactive ketones (excluding diaryl/α,β-unsaturated/α-hetero) is 1. The van der Waals surface area contributed by atoms with Crippen LogP contribution in [0.4, 0.5) is 5.69 Å². The van der Waals surface area contributed by atoms with Crippen LogP contribution in [0.5, 0.6) is 0 Å². The molecule has 2 heterocycles. The summed E-state index contributed by atoms with van der Waals surface area (Å²) in [6.45, 7) is 0. The maximum absolute atomic E-state index is 13.5. The zero-order valence-electron chi connectivity index (χ0n) is 17.5. The van der Waals surface area contributed by atoms with E-state index in [4.69, 9.17) is 4.99 Å². The molecule has 2 aromatic carbocycles. The van der Waals surface area contributed by atoms with Gasteiger partial charge in [-0.15, -0.1) is 0 Å². The predicted octanol–water partition coefficient (Wildman–Crippen LogP) is 3.03. The number of aromatic nitrogens is 1. The molecule has 0 bridgehead atoms. The van der Waals surface area contributed by atoms with Gasteiger partial charge in [0.25, 0.3) is 5.56 Å². The number of thiazole rings is 1. The van der Waals surface area contributed by atoms with E-state index in [0.717, 1.165) is 35.4 Å². The van der Waals surface area contributed by atoms with Crippen molar-refractivity contribution < 1.29 is 4.79 Å². The molecule has 0 amide bonds. The van der Waals surface area contributed by atoms with Crippen LogP contribution in [0.1, 0.15) is 36.4 Å². The Morgan fingerprint density at radius 1 is 1.03 bits per heavy atom. The molecule has 0 fully saturated rings. The molecule has 1 aliphatic heterocycles. The van der Waals surface area contributed by atoms with Crippen LogP contribution in [0.2, 0.25) is 0 Å². The fraction of sp³-hybridized carbons (Fsp3) is 0.240. The summed E-state index contributed by atoms with van der Waals surface area (Å²) in [7, 11) is 4.00. The standard InChI is InChI=1S/C25H23N3O2S/c1-27(2)18-13-11-16(12-14-18)15-21-24(30)28-23(17-7-4-3-5-8-17)22-19(26-25(28)31-21)9-6-10-20(22)29/h3-5,7-8,11-15,23H,6,9-10H2,1-2H3. The first-order valence-electron chi connectivity index (χ1n) is 10.4. The summed E-state index contributed by atoms with van der Waals surface area (Å²) in [5, 5.41) is 0. The van der Waals surface area contributed by atoms with Crippen LogP contribution in [-0.4, -0.2) is 24.4 Å². The summed E-state index contributed by atoms with van der Waals surface area (Å²) in [5.41, 5.74) is 4.45. The van der Waals surface area contributed by atoms with Crippen molar-refractivity contribution in [3.8, 4) is 0 Å². The number of rotatable bonds is 3. The number of hydrogen-bond donors (Lipinski definition) is 0. The third kappa shape index (κ3) is 3.47. The van der Waals surface area contributed by atoms with Crippen molar-refractivity contribution >= 4 is 28.9 Å². The summed E-state index contributed by atoms with van der Waals surface area (Å²) in [6.07, 6.45) is 4.02. The number of hydrogen-bond acceptors (Lipinski definition) is 5. The van der Waals surface area contributed by atoms with E-state index in [-0.39, 0.29) is 11.3 Å². The molecule has 0 saturated heterocycles. The van der Waals surface area contributed by atoms with Crippen LogP contribution < -0.4 is 19.8 Å². The Balaban J connectivity index is 1.69. The average molecular weight is 430 g/mol. The molecule has 0 saturated carbocycles. The average Bonchev–Trinajstić information content (AvgIpc) is 3.08. The van der Waals surface area contributed by atoms with Gasteiger partial charge in [-0.1, -0.05) is 53.8 Å². The third-order valence-electron chi connectivity index (χ3n) is 5.85. The fourth-order valence-electron chi connectivity index (χ4n) is 4.28. The van der Waals surface area contributed by atoms with Gasteiger partial charge >= 0.3 is 0 Å². The lowest BCUT2D eigenvalue weighted by Gasteiger charge is -2.28. The largest absolute Gasteiger partial charge is 0.378 e. The van der Waals surface area contributed by atoms with Crippen molar-refractivity contribution in [2.24, 2.45) is 4.99 Å². The van der Waals surface area contributed by atoms with Crippen molar-refractivity contribution in [3.05, 3.63) is 96.7 Å². The van der Waals surface area contributed by atoms with Crippen molar-refractivity contribution in [3.63, 3.8) is 0 Å². The van der Waals surface area contributed by atoms with E-state index in [1.165, 1.54) is 11.3 Å². The van der Waals surface area contributed by atoms with Gasteiger partial charge < -0.3 is 4.90 Å². The second-order valence-corrected chi connectivity index (χ2v) is 9.13. The first-order chi connectivity index (χ1) is 15.0. The molecule has 1 aliphatic carbocycles. The van der Waals surface area contributed by atoms with Crippen molar-refractivity contribution in [2.75, 3.05) is 19.0 Å². The monoisotopic (exact) mass is 429 g/mol. The molecule has 156 valence electrons. The molecule has 1 atom stereocenters. The smallest absolute Gasteiger partial charge is 0.271 e. The number of allylic oxidation sites excluding steroid dienone is 2. The fourth-order valence-corrected chi connectivity index (χ4v) is 5.30. The number of nitrogens with zero attached hydrogens (tertiary/aromatic N) is 3. The van der Waals surface area contributed by atoms with Crippen LogP contribution in [-0.2, 0) is 4.79 Å². The minimum absolute atomic E-state index is 0.0980. The van der Waals surface area contributed by atoms with Gasteiger partial charge in [0.15, 0.2) is 10.6 Å². The van der Waals surface area contributed by atoms with Crippen LogP contribution in [0.25, 0.3) is 6.08 Å². The third-order valence-corrected chi connectivity index (χ3v) is 6.83. The van der Waals surface area contributed by atoms with E-state index in [1.54, 1.807) is 4.57 Å². The van der Waals surface area contributed by atoms with Crippen LogP contribution in [0, 0.1) is 0 Å². The molecule has 0 spiro atoms. The van der Waals surface area contributed by atoms with Gasteiger partial charge in [0, 0.05) is 31.8 Å². The van der Waals surface area contributed by atoms with E-state index in [9.17, 15) is 9.59 Å². The maximum Gasteiger partial charge on any atom is 0.271 e. The Hall–Kier alpha value is -3.25. The second kappa shape index (κ2) is 7.78. The number of carbonyl (C=O) groups excluding carboxylic acids is 1. The van der Waals surface area contributed by atoms with E-state index in [1.807, 2.05) is 79.7 Å². The van der Waals surface area contributed by atoms with Gasteiger partial charge in [-0.2, -0.15) is 0 Å².